The molecule has 35 heavy (non-hydrogen) atoms. The Balaban J connectivity index is 1.43. The topological polar surface area (TPSA) is 106 Å². The molecule has 0 saturated heterocycles. The van der Waals surface area contributed by atoms with Gasteiger partial charge < -0.3 is 14.3 Å². The maximum atomic E-state index is 15.8. The molecule has 1 saturated carbocycles. The molecule has 0 radical (unpaired) electrons. The Bertz CT molecular complexity index is 1620. The van der Waals surface area contributed by atoms with E-state index in [0.717, 1.165) is 5.82 Å². The predicted molar refractivity (Wildman–Crippen MR) is 125 cm³/mol. The van der Waals surface area contributed by atoms with Gasteiger partial charge in [0.25, 0.3) is 0 Å². The molecule has 1 aromatic carbocycles. The van der Waals surface area contributed by atoms with E-state index in [0.29, 0.717) is 33.4 Å². The van der Waals surface area contributed by atoms with Gasteiger partial charge in [-0.3, -0.25) is 14.9 Å². The zero-order valence-electron chi connectivity index (χ0n) is 18.6. The molecule has 5 aromatic rings. The SMILES string of the molecule is Cc1nccn1C(C)c1c(F)c(Cl)c(-c2cn3cc(NC(=O)C4CC4F)nc3cn2)c2cn[nH]c12. The maximum Gasteiger partial charge on any atom is 0.231 e. The highest BCUT2D eigenvalue weighted by atomic mass is 35.5. The third-order valence-corrected chi connectivity index (χ3v) is 6.78. The number of aryl methyl sites for hydroxylation is 1. The highest BCUT2D eigenvalue weighted by Crippen LogP contribution is 2.41. The summed E-state index contributed by atoms with van der Waals surface area (Å²) < 4.78 is 32.4. The van der Waals surface area contributed by atoms with Crippen LogP contribution < -0.4 is 5.32 Å². The predicted octanol–water partition coefficient (Wildman–Crippen LogP) is 4.48. The summed E-state index contributed by atoms with van der Waals surface area (Å²) in [6.07, 6.45) is 8.87. The molecule has 0 bridgehead atoms. The van der Waals surface area contributed by atoms with Crippen LogP contribution in [0.1, 0.15) is 30.8 Å². The van der Waals surface area contributed by atoms with Crippen LogP contribution in [0.4, 0.5) is 14.6 Å². The van der Waals surface area contributed by atoms with E-state index in [4.69, 9.17) is 11.6 Å². The highest BCUT2D eigenvalue weighted by molar-refractivity contribution is 6.35. The van der Waals surface area contributed by atoms with Gasteiger partial charge in [-0.1, -0.05) is 11.6 Å². The van der Waals surface area contributed by atoms with Gasteiger partial charge >= 0.3 is 0 Å². The molecule has 3 atom stereocenters. The fourth-order valence-corrected chi connectivity index (χ4v) is 4.76. The number of aromatic amines is 1. The zero-order valence-corrected chi connectivity index (χ0v) is 19.4. The van der Waals surface area contributed by atoms with Crippen molar-refractivity contribution in [3.8, 4) is 11.3 Å². The van der Waals surface area contributed by atoms with Crippen molar-refractivity contribution in [1.29, 1.82) is 0 Å². The van der Waals surface area contributed by atoms with Crippen molar-refractivity contribution in [1.82, 2.24) is 34.1 Å². The lowest BCUT2D eigenvalue weighted by molar-refractivity contribution is -0.117. The van der Waals surface area contributed by atoms with E-state index in [-0.39, 0.29) is 17.3 Å². The van der Waals surface area contributed by atoms with E-state index >= 15 is 4.39 Å². The van der Waals surface area contributed by atoms with Gasteiger partial charge in [0.05, 0.1) is 46.8 Å². The number of imidazole rings is 2. The van der Waals surface area contributed by atoms with Gasteiger partial charge in [-0.15, -0.1) is 0 Å². The molecule has 0 spiro atoms. The number of H-pyrrole nitrogens is 1. The Labute approximate surface area is 202 Å². The second-order valence-corrected chi connectivity index (χ2v) is 9.02. The summed E-state index contributed by atoms with van der Waals surface area (Å²) in [4.78, 5) is 25.0. The van der Waals surface area contributed by atoms with Crippen molar-refractivity contribution >= 4 is 39.9 Å². The Morgan fingerprint density at radius 3 is 2.83 bits per heavy atom. The average molecular weight is 497 g/mol. The highest BCUT2D eigenvalue weighted by Gasteiger charge is 2.43. The summed E-state index contributed by atoms with van der Waals surface area (Å²) >= 11 is 6.60. The van der Waals surface area contributed by atoms with E-state index in [1.165, 1.54) is 6.20 Å². The number of fused-ring (bicyclic) bond motifs is 2. The minimum absolute atomic E-state index is 0.0817. The number of hydrogen-bond donors (Lipinski definition) is 2. The molecule has 0 aliphatic heterocycles. The molecular weight excluding hydrogens is 478 g/mol. The molecular formula is C23H19ClF2N8O. The number of halogens is 3. The van der Waals surface area contributed by atoms with E-state index in [9.17, 15) is 9.18 Å². The number of hydrogen-bond acceptors (Lipinski definition) is 5. The van der Waals surface area contributed by atoms with Crippen LogP contribution in [-0.4, -0.2) is 46.2 Å². The lowest BCUT2D eigenvalue weighted by Gasteiger charge is -2.19. The number of nitrogens with one attached hydrogen (secondary N) is 2. The fraction of sp³-hybridized carbons (Fsp3) is 0.261. The Hall–Kier alpha value is -3.86. The van der Waals surface area contributed by atoms with Crippen molar-refractivity contribution in [2.75, 3.05) is 5.32 Å². The number of carbonyl (C=O) groups is 1. The first kappa shape index (κ1) is 21.7. The average Bonchev–Trinajstić information content (AvgIpc) is 3.18. The number of rotatable bonds is 5. The molecule has 4 aromatic heterocycles. The van der Waals surface area contributed by atoms with Gasteiger partial charge in [-0.25, -0.2) is 18.7 Å². The number of anilines is 1. The normalized spacial score (nSPS) is 18.3. The van der Waals surface area contributed by atoms with Crippen LogP contribution in [0.15, 0.2) is 37.2 Å². The molecule has 2 N–H and O–H groups in total. The van der Waals surface area contributed by atoms with Gasteiger partial charge in [0.15, 0.2) is 11.5 Å². The van der Waals surface area contributed by atoms with Gasteiger partial charge in [0, 0.05) is 35.1 Å². The van der Waals surface area contributed by atoms with Gasteiger partial charge in [-0.05, 0) is 20.3 Å². The molecule has 12 heteroatoms. The van der Waals surface area contributed by atoms with E-state index < -0.39 is 29.9 Å². The summed E-state index contributed by atoms with van der Waals surface area (Å²) in [6.45, 7) is 3.71. The Morgan fingerprint density at radius 2 is 2.11 bits per heavy atom. The zero-order chi connectivity index (χ0) is 24.4. The standard InChI is InChI=1S/C23H19ClF2N8O/c1-10(34-4-3-27-11(34)2)18-21(26)20(24)19(13-6-29-32-22(13)18)15-8-33-9-16(30-17(33)7-28-15)31-23(35)12-5-14(12)25/h3-4,6-10,12,14H,5H2,1-2H3,(H,29,32)(H,31,35). The third kappa shape index (κ3) is 3.45. The summed E-state index contributed by atoms with van der Waals surface area (Å²) in [5.74, 6) is -0.596. The molecule has 1 amide bonds. The quantitative estimate of drug-likeness (QED) is 0.373. The van der Waals surface area contributed by atoms with Crippen LogP contribution in [0.3, 0.4) is 0 Å². The van der Waals surface area contributed by atoms with Crippen LogP contribution in [0.5, 0.6) is 0 Å². The number of amides is 1. The minimum Gasteiger partial charge on any atom is -0.328 e. The summed E-state index contributed by atoms with van der Waals surface area (Å²) in [5, 5.41) is 10.2. The summed E-state index contributed by atoms with van der Waals surface area (Å²) in [7, 11) is 0. The monoisotopic (exact) mass is 496 g/mol. The second-order valence-electron chi connectivity index (χ2n) is 8.64. The number of carbonyl (C=O) groups excluding carboxylic acids is 1. The van der Waals surface area contributed by atoms with Gasteiger partial charge in [0.2, 0.25) is 5.91 Å². The Kier molecular flexibility index (Phi) is 4.85. The van der Waals surface area contributed by atoms with Crippen molar-refractivity contribution in [3.05, 3.63) is 59.4 Å². The maximum absolute atomic E-state index is 15.8. The second kappa shape index (κ2) is 7.84. The molecule has 4 heterocycles. The van der Waals surface area contributed by atoms with Crippen LogP contribution in [0.25, 0.3) is 27.8 Å². The number of benzene rings is 1. The van der Waals surface area contributed by atoms with Crippen LogP contribution in [0, 0.1) is 18.7 Å². The van der Waals surface area contributed by atoms with Crippen molar-refractivity contribution in [2.24, 2.45) is 5.92 Å². The smallest absolute Gasteiger partial charge is 0.231 e. The van der Waals surface area contributed by atoms with Gasteiger partial charge in [-0.2, -0.15) is 5.10 Å². The van der Waals surface area contributed by atoms with Crippen LogP contribution in [0.2, 0.25) is 5.02 Å². The van der Waals surface area contributed by atoms with Crippen molar-refractivity contribution in [3.63, 3.8) is 0 Å². The molecule has 1 aliphatic rings. The fourth-order valence-electron chi connectivity index (χ4n) is 4.46. The molecule has 6 rings (SSSR count). The largest absolute Gasteiger partial charge is 0.328 e. The minimum atomic E-state index is -1.10. The van der Waals surface area contributed by atoms with Gasteiger partial charge in [0.1, 0.15) is 17.8 Å². The van der Waals surface area contributed by atoms with E-state index in [2.05, 4.69) is 30.5 Å². The first-order chi connectivity index (χ1) is 16.8. The number of nitrogens with zero attached hydrogens (tertiary/aromatic N) is 6. The first-order valence-electron chi connectivity index (χ1n) is 11.0. The Morgan fingerprint density at radius 1 is 1.31 bits per heavy atom. The van der Waals surface area contributed by atoms with E-state index in [1.807, 2.05) is 18.4 Å². The summed E-state index contributed by atoms with van der Waals surface area (Å²) in [6, 6.07) is -0.391. The van der Waals surface area contributed by atoms with E-state index in [1.54, 1.807) is 35.4 Å². The molecule has 1 aliphatic carbocycles. The lowest BCUT2D eigenvalue weighted by atomic mass is 9.98. The number of alkyl halides is 1. The molecule has 1 fully saturated rings. The summed E-state index contributed by atoms with van der Waals surface area (Å²) in [5.41, 5.74) is 2.11. The van der Waals surface area contributed by atoms with Crippen molar-refractivity contribution in [2.45, 2.75) is 32.5 Å². The molecule has 3 unspecified atom stereocenters. The van der Waals surface area contributed by atoms with Crippen LogP contribution >= 0.6 is 11.6 Å². The third-order valence-electron chi connectivity index (χ3n) is 6.42. The number of aromatic nitrogens is 7. The lowest BCUT2D eigenvalue weighted by Crippen LogP contribution is -2.15. The molecule has 9 nitrogen and oxygen atoms in total. The molecule has 178 valence electrons. The van der Waals surface area contributed by atoms with Crippen LogP contribution in [-0.2, 0) is 4.79 Å². The van der Waals surface area contributed by atoms with Crippen molar-refractivity contribution < 1.29 is 13.6 Å². The first-order valence-corrected chi connectivity index (χ1v) is 11.3.